The second-order valence-corrected chi connectivity index (χ2v) is 9.00. The molecule has 0 unspecified atom stereocenters. The Hall–Kier alpha value is -2.09. The quantitative estimate of drug-likeness (QED) is 0.118. The van der Waals surface area contributed by atoms with Crippen LogP contribution in [0.5, 0.6) is 0 Å². The third-order valence-corrected chi connectivity index (χ3v) is 6.03. The Bertz CT molecular complexity index is 567. The van der Waals surface area contributed by atoms with Crippen LogP contribution in [0.15, 0.2) is 72.9 Å². The van der Waals surface area contributed by atoms with Gasteiger partial charge in [0.1, 0.15) is 0 Å². The molecule has 192 valence electrons. The molecule has 0 aromatic heterocycles. The first-order valence-electron chi connectivity index (χ1n) is 13.7. The van der Waals surface area contributed by atoms with Crippen molar-refractivity contribution in [1.29, 1.82) is 0 Å². The predicted molar refractivity (Wildman–Crippen MR) is 149 cm³/mol. The minimum Gasteiger partial charge on any atom is -0.550 e. The third kappa shape index (κ3) is 18.3. The normalized spacial score (nSPS) is 13.3. The highest BCUT2D eigenvalue weighted by molar-refractivity contribution is 5.72. The van der Waals surface area contributed by atoms with Gasteiger partial charge in [0.05, 0.1) is 0 Å². The molecule has 0 fully saturated rings. The maximum absolute atomic E-state index is 12.3. The zero-order valence-corrected chi connectivity index (χ0v) is 22.4. The van der Waals surface area contributed by atoms with Crippen molar-refractivity contribution in [2.75, 3.05) is 0 Å². The van der Waals surface area contributed by atoms with E-state index in [0.29, 0.717) is 19.3 Å². The Morgan fingerprint density at radius 3 is 1.09 bits per heavy atom. The summed E-state index contributed by atoms with van der Waals surface area (Å²) in [6.45, 7) is 6.41. The highest BCUT2D eigenvalue weighted by atomic mass is 16.4. The van der Waals surface area contributed by atoms with Crippen LogP contribution in [0.2, 0.25) is 0 Å². The molecule has 0 aromatic carbocycles. The molecule has 2 nitrogen and oxygen atoms in total. The second-order valence-electron chi connectivity index (χ2n) is 9.00. The SMILES string of the molecule is CC/C=C/C/C=C/CCCC(CCC/C=C/C/C=C/CC)(CCC/C=C/C/C=C/CC)C(=O)[O-]. The van der Waals surface area contributed by atoms with E-state index < -0.39 is 11.4 Å². The van der Waals surface area contributed by atoms with Gasteiger partial charge in [-0.2, -0.15) is 0 Å². The lowest BCUT2D eigenvalue weighted by Gasteiger charge is -2.35. The van der Waals surface area contributed by atoms with Crippen molar-refractivity contribution in [1.82, 2.24) is 0 Å². The molecule has 2 heteroatoms. The van der Waals surface area contributed by atoms with Crippen molar-refractivity contribution in [3.63, 3.8) is 0 Å². The van der Waals surface area contributed by atoms with Crippen molar-refractivity contribution in [3.05, 3.63) is 72.9 Å². The van der Waals surface area contributed by atoms with Crippen LogP contribution in [0.25, 0.3) is 0 Å². The molecule has 0 saturated heterocycles. The predicted octanol–water partition coefficient (Wildman–Crippen LogP) is 8.97. The molecule has 0 aliphatic rings. The summed E-state index contributed by atoms with van der Waals surface area (Å²) in [5.41, 5.74) is -0.706. The van der Waals surface area contributed by atoms with Gasteiger partial charge in [0.25, 0.3) is 0 Å². The van der Waals surface area contributed by atoms with Crippen LogP contribution in [-0.4, -0.2) is 5.97 Å². The summed E-state index contributed by atoms with van der Waals surface area (Å²) in [6.07, 6.45) is 39.9. The molecule has 0 bridgehead atoms. The van der Waals surface area contributed by atoms with Crippen LogP contribution < -0.4 is 5.11 Å². The van der Waals surface area contributed by atoms with Crippen molar-refractivity contribution >= 4 is 5.97 Å². The molecule has 0 aromatic rings. The standard InChI is InChI=1S/C32H52O2/c1-4-7-10-13-16-19-22-25-28-32(31(33)34,29-26-23-20-17-14-11-8-5-2)30-27-24-21-18-15-12-9-6-3/h7-12,16-21H,4-6,13-15,22-30H2,1-3H3,(H,33,34)/p-1/b10-7+,11-8+,12-9+,19-16+,20-17+,21-18+. The van der Waals surface area contributed by atoms with E-state index >= 15 is 0 Å². The Balaban J connectivity index is 4.81. The topological polar surface area (TPSA) is 40.1 Å². The van der Waals surface area contributed by atoms with Crippen LogP contribution in [0.4, 0.5) is 0 Å². The van der Waals surface area contributed by atoms with Crippen LogP contribution in [0.3, 0.4) is 0 Å². The summed E-state index contributed by atoms with van der Waals surface area (Å²) in [6, 6.07) is 0. The number of unbranched alkanes of at least 4 members (excludes halogenated alkanes) is 3. The maximum atomic E-state index is 12.3. The van der Waals surface area contributed by atoms with E-state index in [1.807, 2.05) is 0 Å². The van der Waals surface area contributed by atoms with Crippen LogP contribution in [-0.2, 0) is 4.79 Å². The summed E-state index contributed by atoms with van der Waals surface area (Å²) in [5, 5.41) is 12.3. The van der Waals surface area contributed by atoms with Gasteiger partial charge in [-0.15, -0.1) is 0 Å². The zero-order chi connectivity index (χ0) is 25.2. The first kappa shape index (κ1) is 31.9. The molecule has 0 spiro atoms. The van der Waals surface area contributed by atoms with E-state index in [1.165, 1.54) is 0 Å². The number of carboxylic acids is 1. The number of hydrogen-bond donors (Lipinski definition) is 0. The van der Waals surface area contributed by atoms with Gasteiger partial charge in [0.15, 0.2) is 0 Å². The number of carboxylic acid groups (broad SMARTS) is 1. The van der Waals surface area contributed by atoms with Crippen LogP contribution in [0.1, 0.15) is 117 Å². The van der Waals surface area contributed by atoms with Crippen LogP contribution in [0, 0.1) is 5.41 Å². The fourth-order valence-corrected chi connectivity index (χ4v) is 4.02. The molecular weight excluding hydrogens is 416 g/mol. The van der Waals surface area contributed by atoms with E-state index in [-0.39, 0.29) is 0 Å². The molecule has 0 rings (SSSR count). The van der Waals surface area contributed by atoms with Gasteiger partial charge >= 0.3 is 0 Å². The smallest absolute Gasteiger partial charge is 0.0476 e. The van der Waals surface area contributed by atoms with Gasteiger partial charge < -0.3 is 9.90 Å². The summed E-state index contributed by atoms with van der Waals surface area (Å²) in [4.78, 5) is 12.3. The number of rotatable bonds is 22. The first-order valence-corrected chi connectivity index (χ1v) is 13.7. The molecule has 0 N–H and O–H groups in total. The average molecular weight is 468 g/mol. The molecule has 0 aliphatic carbocycles. The molecule has 0 saturated carbocycles. The molecule has 34 heavy (non-hydrogen) atoms. The van der Waals surface area contributed by atoms with Gasteiger partial charge in [0.2, 0.25) is 0 Å². The molecule has 0 atom stereocenters. The highest BCUT2D eigenvalue weighted by Gasteiger charge is 2.30. The van der Waals surface area contributed by atoms with E-state index in [0.717, 1.165) is 77.0 Å². The Kier molecular flexibility index (Phi) is 22.6. The van der Waals surface area contributed by atoms with Gasteiger partial charge in [-0.05, 0) is 96.3 Å². The van der Waals surface area contributed by atoms with Gasteiger partial charge in [0, 0.05) is 11.4 Å². The Morgan fingerprint density at radius 2 is 0.824 bits per heavy atom. The third-order valence-electron chi connectivity index (χ3n) is 6.03. The summed E-state index contributed by atoms with van der Waals surface area (Å²) in [7, 11) is 0. The number of allylic oxidation sites excluding steroid dienone is 12. The Morgan fingerprint density at radius 1 is 0.529 bits per heavy atom. The van der Waals surface area contributed by atoms with E-state index in [2.05, 4.69) is 93.7 Å². The fourth-order valence-electron chi connectivity index (χ4n) is 4.02. The molecule has 0 amide bonds. The lowest BCUT2D eigenvalue weighted by atomic mass is 9.74. The van der Waals surface area contributed by atoms with Crippen molar-refractivity contribution in [2.24, 2.45) is 5.41 Å². The van der Waals surface area contributed by atoms with E-state index in [1.54, 1.807) is 0 Å². The Labute approximate surface area is 211 Å². The summed E-state index contributed by atoms with van der Waals surface area (Å²) >= 11 is 0. The highest BCUT2D eigenvalue weighted by Crippen LogP contribution is 2.36. The summed E-state index contributed by atoms with van der Waals surface area (Å²) in [5.74, 6) is -0.855. The second kappa shape index (κ2) is 24.0. The molecular formula is C32H51O2-. The largest absolute Gasteiger partial charge is 0.550 e. The van der Waals surface area contributed by atoms with Crippen LogP contribution >= 0.6 is 0 Å². The van der Waals surface area contributed by atoms with Gasteiger partial charge in [-0.1, -0.05) is 93.7 Å². The number of carbonyl (C=O) groups is 1. The molecule has 0 aliphatic heterocycles. The number of aliphatic carboxylic acids is 1. The fraction of sp³-hybridized carbons (Fsp3) is 0.594. The van der Waals surface area contributed by atoms with E-state index in [9.17, 15) is 9.90 Å². The van der Waals surface area contributed by atoms with E-state index in [4.69, 9.17) is 0 Å². The van der Waals surface area contributed by atoms with Crippen molar-refractivity contribution < 1.29 is 9.90 Å². The van der Waals surface area contributed by atoms with Gasteiger partial charge in [-0.3, -0.25) is 0 Å². The average Bonchev–Trinajstić information content (AvgIpc) is 2.83. The minimum atomic E-state index is -0.855. The van der Waals surface area contributed by atoms with Crippen molar-refractivity contribution in [3.8, 4) is 0 Å². The van der Waals surface area contributed by atoms with Gasteiger partial charge in [-0.25, -0.2) is 0 Å². The molecule has 0 radical (unpaired) electrons. The lowest BCUT2D eigenvalue weighted by Crippen LogP contribution is -2.42. The van der Waals surface area contributed by atoms with Crippen molar-refractivity contribution in [2.45, 2.75) is 117 Å². The maximum Gasteiger partial charge on any atom is 0.0476 e. The first-order chi connectivity index (χ1) is 16.6. The number of carbonyl (C=O) groups excluding carboxylic acids is 1. The zero-order valence-electron chi connectivity index (χ0n) is 22.4. The minimum absolute atomic E-state index is 0.705. The number of hydrogen-bond acceptors (Lipinski definition) is 2. The summed E-state index contributed by atoms with van der Waals surface area (Å²) < 4.78 is 0. The molecule has 0 heterocycles. The lowest BCUT2D eigenvalue weighted by molar-refractivity contribution is -0.320. The monoisotopic (exact) mass is 467 g/mol.